The number of anilines is 1. The Bertz CT molecular complexity index is 1450. The van der Waals surface area contributed by atoms with Gasteiger partial charge in [-0.3, -0.25) is 9.13 Å². The van der Waals surface area contributed by atoms with E-state index in [1.54, 1.807) is 0 Å². The molecule has 5 rings (SSSR count). The van der Waals surface area contributed by atoms with Gasteiger partial charge >= 0.3 is 15.2 Å². The molecule has 5 N–H and O–H groups in total. The number of aromatic nitrogens is 4. The normalized spacial score (nSPS) is 27.0. The largest absolute Gasteiger partial charge is 0.387 e. The summed E-state index contributed by atoms with van der Waals surface area (Å²) in [6, 6.07) is 8.16. The van der Waals surface area contributed by atoms with E-state index in [9.17, 15) is 24.2 Å². The first-order valence-corrected chi connectivity index (χ1v) is 15.5. The van der Waals surface area contributed by atoms with Crippen molar-refractivity contribution in [2.75, 3.05) is 24.5 Å². The Kier molecular flexibility index (Phi) is 7.42. The molecular weight excluding hydrogens is 564 g/mol. The van der Waals surface area contributed by atoms with Gasteiger partial charge < -0.3 is 39.1 Å². The molecule has 6 atom stereocenters. The summed E-state index contributed by atoms with van der Waals surface area (Å²) in [7, 11) is -7.64. The van der Waals surface area contributed by atoms with Crippen LogP contribution in [-0.2, 0) is 24.8 Å². The van der Waals surface area contributed by atoms with Gasteiger partial charge in [-0.2, -0.15) is 4.98 Å². The number of rotatable bonds is 8. The minimum absolute atomic E-state index is 0.0279. The van der Waals surface area contributed by atoms with Gasteiger partial charge in [0, 0.05) is 7.05 Å². The topological polar surface area (TPSA) is 200 Å². The van der Waals surface area contributed by atoms with Crippen molar-refractivity contribution in [1.82, 2.24) is 19.6 Å². The second-order valence-corrected chi connectivity index (χ2v) is 13.6. The molecule has 14 nitrogen and oxygen atoms in total. The predicted molar refractivity (Wildman–Crippen MR) is 134 cm³/mol. The van der Waals surface area contributed by atoms with Gasteiger partial charge in [-0.15, -0.1) is 5.10 Å². The molecule has 2 unspecified atom stereocenters. The standard InChI is InChI=1S/C21H26ClN5O9P2/c1-26(13-7-6-11-4-2-3-5-12(11)13)20-19-23-8-14(27(19)25-21(22)24-20)18-17(29)16(28)15(36-18)9-35-38(33,34)10-37(30,31)32/h2-5,8,13,15-18,28-29H,6-7,9-10H2,1H3,(H,33,34)(H2,30,31,32)/t13?,15-,16-,17-,18+/m1/s1. The van der Waals surface area contributed by atoms with Crippen LogP contribution < -0.4 is 4.90 Å². The number of nitrogens with zero attached hydrogens (tertiary/aromatic N) is 5. The van der Waals surface area contributed by atoms with Crippen molar-refractivity contribution in [3.63, 3.8) is 0 Å². The molecule has 3 heterocycles. The summed E-state index contributed by atoms with van der Waals surface area (Å²) in [5.74, 6) is -0.941. The fourth-order valence-electron chi connectivity index (χ4n) is 4.97. The molecule has 2 aliphatic rings. The molecule has 0 amide bonds. The smallest absolute Gasteiger partial charge is 0.340 e. The molecule has 1 fully saturated rings. The Morgan fingerprint density at radius 3 is 2.68 bits per heavy atom. The van der Waals surface area contributed by atoms with E-state index < -0.39 is 52.1 Å². The van der Waals surface area contributed by atoms with Gasteiger partial charge in [0.05, 0.1) is 24.5 Å². The monoisotopic (exact) mass is 589 g/mol. The van der Waals surface area contributed by atoms with Gasteiger partial charge in [-0.1, -0.05) is 24.3 Å². The molecule has 0 bridgehead atoms. The second-order valence-electron chi connectivity index (χ2n) is 9.30. The molecule has 206 valence electrons. The predicted octanol–water partition coefficient (Wildman–Crippen LogP) is 1.40. The highest BCUT2D eigenvalue weighted by Crippen LogP contribution is 2.55. The van der Waals surface area contributed by atoms with Gasteiger partial charge in [0.2, 0.25) is 5.28 Å². The molecule has 0 saturated carbocycles. The number of hydrogen-bond acceptors (Lipinski definition) is 10. The SMILES string of the molecule is CN(c1nc(Cl)nn2c([C@@H]3O[C@H](COP(=O)(O)CP(=O)(O)O)[C@@H](O)[C@H]3O)cnc12)C1CCc2ccccc21. The summed E-state index contributed by atoms with van der Waals surface area (Å²) in [4.78, 5) is 38.4. The number of hydrogen-bond donors (Lipinski definition) is 5. The van der Waals surface area contributed by atoms with Crippen LogP contribution in [0.15, 0.2) is 30.5 Å². The molecule has 0 spiro atoms. The second kappa shape index (κ2) is 10.2. The summed E-state index contributed by atoms with van der Waals surface area (Å²) in [6.45, 7) is -0.704. The number of ether oxygens (including phenoxy) is 1. The Morgan fingerprint density at radius 2 is 1.95 bits per heavy atom. The third-order valence-corrected chi connectivity index (χ3v) is 10.3. The number of aliphatic hydroxyl groups excluding tert-OH is 2. The highest BCUT2D eigenvalue weighted by atomic mass is 35.5. The van der Waals surface area contributed by atoms with Gasteiger partial charge in [0.1, 0.15) is 24.4 Å². The molecule has 3 aromatic rings. The summed E-state index contributed by atoms with van der Waals surface area (Å²) in [5, 5.41) is 25.3. The van der Waals surface area contributed by atoms with Gasteiger partial charge in [0.25, 0.3) is 0 Å². The lowest BCUT2D eigenvalue weighted by Gasteiger charge is -2.26. The molecule has 1 aliphatic carbocycles. The van der Waals surface area contributed by atoms with E-state index in [1.165, 1.54) is 21.8 Å². The van der Waals surface area contributed by atoms with Crippen LogP contribution in [0.2, 0.25) is 5.28 Å². The van der Waals surface area contributed by atoms with Crippen LogP contribution in [0, 0.1) is 0 Å². The van der Waals surface area contributed by atoms with E-state index in [4.69, 9.17) is 30.6 Å². The van der Waals surface area contributed by atoms with Crippen LogP contribution in [0.4, 0.5) is 5.82 Å². The van der Waals surface area contributed by atoms with E-state index in [1.807, 2.05) is 24.1 Å². The zero-order chi connectivity index (χ0) is 27.4. The zero-order valence-corrected chi connectivity index (χ0v) is 22.5. The van der Waals surface area contributed by atoms with Crippen molar-refractivity contribution >= 4 is 38.3 Å². The molecular formula is C21H26ClN5O9P2. The summed E-state index contributed by atoms with van der Waals surface area (Å²) < 4.78 is 34.9. The molecule has 0 radical (unpaired) electrons. The van der Waals surface area contributed by atoms with Crippen LogP contribution >= 0.6 is 26.8 Å². The van der Waals surface area contributed by atoms with E-state index in [0.717, 1.165) is 12.8 Å². The highest BCUT2D eigenvalue weighted by Gasteiger charge is 2.46. The fourth-order valence-corrected chi connectivity index (χ4v) is 7.69. The minimum Gasteiger partial charge on any atom is -0.387 e. The van der Waals surface area contributed by atoms with Crippen LogP contribution in [0.1, 0.15) is 35.4 Å². The maximum Gasteiger partial charge on any atom is 0.340 e. The average Bonchev–Trinajstić information content (AvgIpc) is 3.52. The third-order valence-electron chi connectivity index (χ3n) is 6.71. The van der Waals surface area contributed by atoms with Gasteiger partial charge in [0.15, 0.2) is 17.4 Å². The first-order valence-electron chi connectivity index (χ1n) is 11.6. The Balaban J connectivity index is 1.40. The van der Waals surface area contributed by atoms with Crippen LogP contribution in [0.25, 0.3) is 5.65 Å². The van der Waals surface area contributed by atoms with Crippen molar-refractivity contribution in [3.8, 4) is 0 Å². The van der Waals surface area contributed by atoms with Crippen molar-refractivity contribution in [3.05, 3.63) is 52.6 Å². The summed E-state index contributed by atoms with van der Waals surface area (Å²) >= 11 is 6.26. The lowest BCUT2D eigenvalue weighted by molar-refractivity contribution is -0.0204. The average molecular weight is 590 g/mol. The third kappa shape index (κ3) is 5.39. The molecule has 17 heteroatoms. The van der Waals surface area contributed by atoms with Crippen molar-refractivity contribution < 1.29 is 43.3 Å². The Labute approximate surface area is 221 Å². The Morgan fingerprint density at radius 1 is 1.21 bits per heavy atom. The van der Waals surface area contributed by atoms with E-state index in [0.29, 0.717) is 11.5 Å². The molecule has 1 aromatic carbocycles. The first-order chi connectivity index (χ1) is 17.8. The van der Waals surface area contributed by atoms with Crippen LogP contribution in [-0.4, -0.2) is 82.3 Å². The van der Waals surface area contributed by atoms with Gasteiger partial charge in [-0.25, -0.2) is 9.50 Å². The van der Waals surface area contributed by atoms with Crippen LogP contribution in [0.3, 0.4) is 0 Å². The maximum absolute atomic E-state index is 12.0. The molecule has 38 heavy (non-hydrogen) atoms. The lowest BCUT2D eigenvalue weighted by Crippen LogP contribution is -2.33. The van der Waals surface area contributed by atoms with E-state index in [2.05, 4.69) is 27.2 Å². The van der Waals surface area contributed by atoms with E-state index in [-0.39, 0.29) is 17.0 Å². The van der Waals surface area contributed by atoms with E-state index >= 15 is 0 Å². The molecule has 1 aliphatic heterocycles. The fraction of sp³-hybridized carbons (Fsp3) is 0.476. The van der Waals surface area contributed by atoms with Crippen molar-refractivity contribution in [2.45, 2.75) is 43.3 Å². The minimum atomic E-state index is -4.83. The molecule has 1 saturated heterocycles. The van der Waals surface area contributed by atoms with Crippen molar-refractivity contribution in [2.24, 2.45) is 0 Å². The zero-order valence-electron chi connectivity index (χ0n) is 20.0. The number of aryl methyl sites for hydroxylation is 1. The quantitative estimate of drug-likeness (QED) is 0.236. The lowest BCUT2D eigenvalue weighted by atomic mass is 10.1. The number of aliphatic hydroxyl groups is 2. The maximum atomic E-state index is 12.0. The van der Waals surface area contributed by atoms with Gasteiger partial charge in [-0.05, 0) is 35.6 Å². The highest BCUT2D eigenvalue weighted by molar-refractivity contribution is 7.70. The summed E-state index contributed by atoms with van der Waals surface area (Å²) in [5.41, 5.74) is 3.00. The number of benzene rings is 1. The number of halogens is 1. The van der Waals surface area contributed by atoms with Crippen molar-refractivity contribution in [1.29, 1.82) is 0 Å². The number of imidazole rings is 1. The Hall–Kier alpha value is -1.96. The number of fused-ring (bicyclic) bond motifs is 2. The van der Waals surface area contributed by atoms with Crippen LogP contribution in [0.5, 0.6) is 0 Å². The molecule has 2 aromatic heterocycles. The first kappa shape index (κ1) is 27.6. The summed E-state index contributed by atoms with van der Waals surface area (Å²) in [6.07, 6.45) is -2.33.